The lowest BCUT2D eigenvalue weighted by Crippen LogP contribution is -2.14. The van der Waals surface area contributed by atoms with Crippen LogP contribution < -0.4 is 0 Å². The summed E-state index contributed by atoms with van der Waals surface area (Å²) in [6, 6.07) is 27.7. The van der Waals surface area contributed by atoms with E-state index in [-0.39, 0.29) is 4.90 Å². The van der Waals surface area contributed by atoms with E-state index in [1.165, 1.54) is 15.3 Å². The fourth-order valence-corrected chi connectivity index (χ4v) is 6.35. The first-order valence-corrected chi connectivity index (χ1v) is 12.3. The molecule has 5 aromatic rings. The molecule has 0 aliphatic carbocycles. The summed E-state index contributed by atoms with van der Waals surface area (Å²) < 4.78 is 29.4. The summed E-state index contributed by atoms with van der Waals surface area (Å²) in [5.41, 5.74) is 4.11. The van der Waals surface area contributed by atoms with E-state index in [0.717, 1.165) is 21.4 Å². The average molecular weight is 455 g/mol. The fourth-order valence-electron chi connectivity index (χ4n) is 3.98. The van der Waals surface area contributed by atoms with Gasteiger partial charge in [-0.15, -0.1) is 11.3 Å². The third-order valence-corrected chi connectivity index (χ3v) is 8.07. The normalized spacial score (nSPS) is 11.5. The minimum atomic E-state index is -3.91. The third-order valence-electron chi connectivity index (χ3n) is 5.46. The van der Waals surface area contributed by atoms with E-state index in [1.54, 1.807) is 30.3 Å². The van der Waals surface area contributed by atoms with E-state index >= 15 is 0 Å². The Labute approximate surface area is 190 Å². The van der Waals surface area contributed by atoms with Gasteiger partial charge in [0.15, 0.2) is 0 Å². The van der Waals surface area contributed by atoms with Crippen LogP contribution >= 0.6 is 11.3 Å². The summed E-state index contributed by atoms with van der Waals surface area (Å²) in [5, 5.41) is 12.5. The molecule has 0 saturated carbocycles. The number of nitriles is 1. The van der Waals surface area contributed by atoms with Crippen molar-refractivity contribution in [3.05, 3.63) is 101 Å². The number of thiophene rings is 1. The predicted molar refractivity (Wildman–Crippen MR) is 129 cm³/mol. The van der Waals surface area contributed by atoms with Gasteiger partial charge in [-0.25, -0.2) is 12.4 Å². The minimum absolute atomic E-state index is 0.224. The number of benzene rings is 3. The zero-order valence-corrected chi connectivity index (χ0v) is 18.8. The van der Waals surface area contributed by atoms with Gasteiger partial charge in [0.25, 0.3) is 10.0 Å². The van der Waals surface area contributed by atoms with Gasteiger partial charge >= 0.3 is 0 Å². The fraction of sp³-hybridized carbons (Fsp3) is 0.0385. The minimum Gasteiger partial charge on any atom is -0.232 e. The highest BCUT2D eigenvalue weighted by Gasteiger charge is 2.29. The molecule has 0 saturated heterocycles. The number of para-hydroxylation sites is 1. The highest BCUT2D eigenvalue weighted by Crippen LogP contribution is 2.45. The quantitative estimate of drug-likeness (QED) is 0.313. The van der Waals surface area contributed by atoms with Crippen molar-refractivity contribution in [3.8, 4) is 27.8 Å². The number of aryl methyl sites for hydroxylation is 1. The first kappa shape index (κ1) is 20.3. The second-order valence-corrected chi connectivity index (χ2v) is 10.2. The molecule has 6 heteroatoms. The van der Waals surface area contributed by atoms with Crippen LogP contribution in [0.1, 0.15) is 11.1 Å². The molecule has 32 heavy (non-hydrogen) atoms. The highest BCUT2D eigenvalue weighted by atomic mass is 32.2. The van der Waals surface area contributed by atoms with Crippen molar-refractivity contribution in [1.82, 2.24) is 3.97 Å². The van der Waals surface area contributed by atoms with Crippen molar-refractivity contribution in [2.45, 2.75) is 11.8 Å². The maximum Gasteiger partial charge on any atom is 0.268 e. The Morgan fingerprint density at radius 3 is 2.31 bits per heavy atom. The van der Waals surface area contributed by atoms with Crippen molar-refractivity contribution in [2.75, 3.05) is 0 Å². The van der Waals surface area contributed by atoms with Crippen LogP contribution in [0.4, 0.5) is 0 Å². The lowest BCUT2D eigenvalue weighted by atomic mass is 9.97. The average Bonchev–Trinajstić information content (AvgIpc) is 3.45. The highest BCUT2D eigenvalue weighted by molar-refractivity contribution is 7.90. The number of hydrogen-bond donors (Lipinski definition) is 0. The number of hydrogen-bond acceptors (Lipinski definition) is 4. The smallest absolute Gasteiger partial charge is 0.232 e. The van der Waals surface area contributed by atoms with Gasteiger partial charge in [0, 0.05) is 16.5 Å². The molecule has 0 spiro atoms. The summed E-state index contributed by atoms with van der Waals surface area (Å²) in [6.45, 7) is 1.93. The molecule has 4 nitrogen and oxygen atoms in total. The van der Waals surface area contributed by atoms with Crippen molar-refractivity contribution < 1.29 is 8.42 Å². The Kier molecular flexibility index (Phi) is 4.93. The van der Waals surface area contributed by atoms with E-state index in [4.69, 9.17) is 0 Å². The molecule has 156 valence electrons. The zero-order valence-electron chi connectivity index (χ0n) is 17.2. The van der Waals surface area contributed by atoms with Gasteiger partial charge in [-0.05, 0) is 42.6 Å². The molecule has 0 amide bonds. The molecule has 0 unspecified atom stereocenters. The van der Waals surface area contributed by atoms with Gasteiger partial charge < -0.3 is 0 Å². The van der Waals surface area contributed by atoms with Crippen LogP contribution in [0.3, 0.4) is 0 Å². The summed E-state index contributed by atoms with van der Waals surface area (Å²) in [4.78, 5) is 1.04. The Hall–Kier alpha value is -3.66. The summed E-state index contributed by atoms with van der Waals surface area (Å²) in [6.07, 6.45) is 0. The molecule has 0 aliphatic rings. The third kappa shape index (κ3) is 3.14. The molecule has 2 heterocycles. The van der Waals surface area contributed by atoms with Gasteiger partial charge in [-0.3, -0.25) is 0 Å². The van der Waals surface area contributed by atoms with Gasteiger partial charge in [0.05, 0.1) is 32.6 Å². The summed E-state index contributed by atoms with van der Waals surface area (Å²) in [7, 11) is -3.91. The van der Waals surface area contributed by atoms with Crippen LogP contribution in [0.5, 0.6) is 0 Å². The van der Waals surface area contributed by atoms with Crippen LogP contribution in [0.2, 0.25) is 0 Å². The van der Waals surface area contributed by atoms with Crippen molar-refractivity contribution >= 4 is 32.3 Å². The molecule has 0 atom stereocenters. The second-order valence-electron chi connectivity index (χ2n) is 7.46. The molecule has 0 N–H and O–H groups in total. The molecule has 0 radical (unpaired) electrons. The van der Waals surface area contributed by atoms with E-state index in [0.29, 0.717) is 22.3 Å². The second kappa shape index (κ2) is 7.79. The maximum absolute atomic E-state index is 14.0. The maximum atomic E-state index is 14.0. The lowest BCUT2D eigenvalue weighted by Gasteiger charge is -2.13. The molecule has 0 aliphatic heterocycles. The Bertz CT molecular complexity index is 1590. The predicted octanol–water partition coefficient (Wildman–Crippen LogP) is 6.45. The molecule has 2 aromatic heterocycles. The van der Waals surface area contributed by atoms with Gasteiger partial charge in [-0.1, -0.05) is 60.2 Å². The monoisotopic (exact) mass is 454 g/mol. The molecule has 0 bridgehead atoms. The van der Waals surface area contributed by atoms with Crippen molar-refractivity contribution in [2.24, 2.45) is 0 Å². The Morgan fingerprint density at radius 1 is 0.875 bits per heavy atom. The van der Waals surface area contributed by atoms with E-state index in [1.807, 2.05) is 66.9 Å². The summed E-state index contributed by atoms with van der Waals surface area (Å²) >= 11 is 1.47. The number of nitrogens with zero attached hydrogens (tertiary/aromatic N) is 2. The molecule has 3 aromatic carbocycles. The van der Waals surface area contributed by atoms with Crippen molar-refractivity contribution in [1.29, 1.82) is 5.26 Å². The van der Waals surface area contributed by atoms with Crippen LogP contribution in [-0.4, -0.2) is 12.4 Å². The molecular formula is C26H18N2O2S2. The Balaban J connectivity index is 1.97. The van der Waals surface area contributed by atoms with E-state index in [2.05, 4.69) is 6.07 Å². The first-order chi connectivity index (χ1) is 15.5. The zero-order chi connectivity index (χ0) is 22.3. The lowest BCUT2D eigenvalue weighted by molar-refractivity contribution is 0.589. The number of rotatable bonds is 4. The van der Waals surface area contributed by atoms with Gasteiger partial charge in [0.1, 0.15) is 0 Å². The Morgan fingerprint density at radius 2 is 1.59 bits per heavy atom. The SMILES string of the molecule is Cc1ccc(S(=O)(=O)n2c(-c3cccs3)c(-c3ccccc3C#N)c3ccccc32)cc1. The number of aromatic nitrogens is 1. The summed E-state index contributed by atoms with van der Waals surface area (Å²) in [5.74, 6) is 0. The van der Waals surface area contributed by atoms with Gasteiger partial charge in [-0.2, -0.15) is 5.26 Å². The van der Waals surface area contributed by atoms with Crippen LogP contribution in [0.25, 0.3) is 32.6 Å². The van der Waals surface area contributed by atoms with Crippen LogP contribution in [0, 0.1) is 18.3 Å². The van der Waals surface area contributed by atoms with Crippen LogP contribution in [-0.2, 0) is 10.0 Å². The molecular weight excluding hydrogens is 436 g/mol. The van der Waals surface area contributed by atoms with E-state index < -0.39 is 10.0 Å². The largest absolute Gasteiger partial charge is 0.268 e. The molecule has 5 rings (SSSR count). The standard InChI is InChI=1S/C26H18N2O2S2/c1-18-12-14-20(15-13-18)32(29,30)28-23-10-5-4-9-22(23)25(26(28)24-11-6-16-31-24)21-8-3-2-7-19(21)17-27/h2-16H,1H3. The number of fused-ring (bicyclic) bond motifs is 1. The van der Waals surface area contributed by atoms with E-state index in [9.17, 15) is 13.7 Å². The topological polar surface area (TPSA) is 62.9 Å². The van der Waals surface area contributed by atoms with Gasteiger partial charge in [0.2, 0.25) is 0 Å². The first-order valence-electron chi connectivity index (χ1n) is 10.0. The van der Waals surface area contributed by atoms with Crippen molar-refractivity contribution in [3.63, 3.8) is 0 Å². The van der Waals surface area contributed by atoms with Crippen LogP contribution in [0.15, 0.2) is 95.2 Å². The molecule has 0 fully saturated rings.